The standard InChI is InChI=1S/C20H35N5S.HI/c1-17-15-23-18(26-17)9-12-22-19(21-2)24-16-20(10-5-3-6-11-20)25-13-7-4-8-14-25;/h15H,3-14,16H2,1-2H3,(H2,21,22,24);1H. The van der Waals surface area contributed by atoms with Gasteiger partial charge in [0.1, 0.15) is 0 Å². The molecule has 1 saturated heterocycles. The summed E-state index contributed by atoms with van der Waals surface area (Å²) in [6, 6.07) is 0. The van der Waals surface area contributed by atoms with Gasteiger partial charge in [-0.15, -0.1) is 35.3 Å². The molecule has 154 valence electrons. The van der Waals surface area contributed by atoms with Gasteiger partial charge in [0, 0.05) is 43.2 Å². The fourth-order valence-corrected chi connectivity index (χ4v) is 5.24. The third kappa shape index (κ3) is 6.56. The monoisotopic (exact) mass is 505 g/mol. The maximum atomic E-state index is 4.44. The van der Waals surface area contributed by atoms with Crippen LogP contribution in [0.3, 0.4) is 0 Å². The van der Waals surface area contributed by atoms with Crippen LogP contribution in [0.15, 0.2) is 11.2 Å². The summed E-state index contributed by atoms with van der Waals surface area (Å²) in [4.78, 5) is 13.0. The first kappa shape index (κ1) is 22.9. The molecule has 0 aromatic carbocycles. The van der Waals surface area contributed by atoms with Crippen molar-refractivity contribution >= 4 is 41.3 Å². The predicted octanol–water partition coefficient (Wildman–Crippen LogP) is 3.97. The Morgan fingerprint density at radius 1 is 1.15 bits per heavy atom. The largest absolute Gasteiger partial charge is 0.356 e. The Kier molecular flexibility index (Phi) is 9.79. The van der Waals surface area contributed by atoms with Gasteiger partial charge in [0.2, 0.25) is 0 Å². The third-order valence-electron chi connectivity index (χ3n) is 5.92. The van der Waals surface area contributed by atoms with Crippen LogP contribution in [0.25, 0.3) is 0 Å². The number of hydrogen-bond donors (Lipinski definition) is 2. The van der Waals surface area contributed by atoms with E-state index in [4.69, 9.17) is 0 Å². The zero-order chi connectivity index (χ0) is 18.2. The topological polar surface area (TPSA) is 52.6 Å². The van der Waals surface area contributed by atoms with E-state index in [2.05, 4.69) is 32.4 Å². The lowest BCUT2D eigenvalue weighted by atomic mass is 9.79. The Balaban J connectivity index is 0.00000261. The molecule has 0 spiro atoms. The van der Waals surface area contributed by atoms with Gasteiger partial charge < -0.3 is 10.6 Å². The highest BCUT2D eigenvalue weighted by atomic mass is 127. The third-order valence-corrected chi connectivity index (χ3v) is 6.89. The summed E-state index contributed by atoms with van der Waals surface area (Å²) < 4.78 is 0. The molecular formula is C20H36IN5S. The molecule has 1 aliphatic carbocycles. The Labute approximate surface area is 185 Å². The lowest BCUT2D eigenvalue weighted by molar-refractivity contribution is 0.0368. The molecule has 0 radical (unpaired) electrons. The van der Waals surface area contributed by atoms with Crippen molar-refractivity contribution in [3.63, 3.8) is 0 Å². The van der Waals surface area contributed by atoms with Crippen LogP contribution in [0.4, 0.5) is 0 Å². The molecule has 2 aliphatic rings. The molecule has 1 aromatic heterocycles. The molecule has 0 unspecified atom stereocenters. The second-order valence-electron chi connectivity index (χ2n) is 7.80. The van der Waals surface area contributed by atoms with E-state index in [9.17, 15) is 0 Å². The van der Waals surface area contributed by atoms with Crippen LogP contribution in [0.1, 0.15) is 61.3 Å². The highest BCUT2D eigenvalue weighted by Crippen LogP contribution is 2.35. The lowest BCUT2D eigenvalue weighted by Crippen LogP contribution is -2.59. The van der Waals surface area contributed by atoms with Gasteiger partial charge >= 0.3 is 0 Å². The molecule has 3 rings (SSSR count). The Morgan fingerprint density at radius 2 is 1.85 bits per heavy atom. The van der Waals surface area contributed by atoms with Crippen LogP contribution in [0.5, 0.6) is 0 Å². The van der Waals surface area contributed by atoms with Crippen molar-refractivity contribution in [3.05, 3.63) is 16.1 Å². The number of rotatable bonds is 6. The van der Waals surface area contributed by atoms with Gasteiger partial charge in [-0.25, -0.2) is 4.98 Å². The summed E-state index contributed by atoms with van der Waals surface area (Å²) in [7, 11) is 1.87. The molecule has 2 N–H and O–H groups in total. The molecule has 2 fully saturated rings. The molecule has 0 amide bonds. The van der Waals surface area contributed by atoms with Crippen molar-refractivity contribution < 1.29 is 0 Å². The molecule has 5 nitrogen and oxygen atoms in total. The molecule has 1 saturated carbocycles. The van der Waals surface area contributed by atoms with Crippen molar-refractivity contribution in [2.75, 3.05) is 33.2 Å². The van der Waals surface area contributed by atoms with Gasteiger partial charge in [-0.2, -0.15) is 0 Å². The molecular weight excluding hydrogens is 469 g/mol. The average Bonchev–Trinajstić information content (AvgIpc) is 3.11. The number of likely N-dealkylation sites (tertiary alicyclic amines) is 1. The van der Waals surface area contributed by atoms with Gasteiger partial charge in [0.15, 0.2) is 5.96 Å². The number of thiazole rings is 1. The summed E-state index contributed by atoms with van der Waals surface area (Å²) in [6.45, 7) is 6.56. The quantitative estimate of drug-likeness (QED) is 0.349. The van der Waals surface area contributed by atoms with Gasteiger partial charge in [-0.1, -0.05) is 25.7 Å². The first-order chi connectivity index (χ1) is 12.7. The predicted molar refractivity (Wildman–Crippen MR) is 127 cm³/mol. The van der Waals surface area contributed by atoms with Gasteiger partial charge in [0.25, 0.3) is 0 Å². The van der Waals surface area contributed by atoms with E-state index >= 15 is 0 Å². The smallest absolute Gasteiger partial charge is 0.191 e. The molecule has 1 aliphatic heterocycles. The molecule has 1 aromatic rings. The summed E-state index contributed by atoms with van der Waals surface area (Å²) in [6.07, 6.45) is 13.8. The van der Waals surface area contributed by atoms with Crippen molar-refractivity contribution in [1.82, 2.24) is 20.5 Å². The second-order valence-corrected chi connectivity index (χ2v) is 9.12. The number of piperidine rings is 1. The fourth-order valence-electron chi connectivity index (χ4n) is 4.46. The second kappa shape index (κ2) is 11.6. The van der Waals surface area contributed by atoms with Crippen LogP contribution in [0, 0.1) is 6.92 Å². The van der Waals surface area contributed by atoms with Crippen LogP contribution in [-0.2, 0) is 6.42 Å². The highest BCUT2D eigenvalue weighted by molar-refractivity contribution is 14.0. The van der Waals surface area contributed by atoms with E-state index in [0.717, 1.165) is 25.5 Å². The highest BCUT2D eigenvalue weighted by Gasteiger charge is 2.38. The van der Waals surface area contributed by atoms with E-state index in [0.29, 0.717) is 5.54 Å². The van der Waals surface area contributed by atoms with Crippen LogP contribution >= 0.6 is 35.3 Å². The van der Waals surface area contributed by atoms with Gasteiger partial charge in [-0.05, 0) is 45.7 Å². The van der Waals surface area contributed by atoms with E-state index in [-0.39, 0.29) is 24.0 Å². The molecule has 2 heterocycles. The normalized spacial score (nSPS) is 20.7. The van der Waals surface area contributed by atoms with Gasteiger partial charge in [-0.3, -0.25) is 9.89 Å². The first-order valence-corrected chi connectivity index (χ1v) is 11.1. The van der Waals surface area contributed by atoms with Crippen LogP contribution < -0.4 is 10.6 Å². The summed E-state index contributed by atoms with van der Waals surface area (Å²) in [5.74, 6) is 0.931. The molecule has 27 heavy (non-hydrogen) atoms. The van der Waals surface area contributed by atoms with E-state index in [1.165, 1.54) is 74.3 Å². The zero-order valence-corrected chi connectivity index (χ0v) is 20.1. The number of halogens is 1. The summed E-state index contributed by atoms with van der Waals surface area (Å²) >= 11 is 1.78. The number of aromatic nitrogens is 1. The SMILES string of the molecule is CN=C(NCCc1ncc(C)s1)NCC1(N2CCCCC2)CCCCC1.I. The Hall–Kier alpha value is -0.410. The number of nitrogens with one attached hydrogen (secondary N) is 2. The average molecular weight is 506 g/mol. The molecule has 7 heteroatoms. The van der Waals surface area contributed by atoms with Gasteiger partial charge in [0.05, 0.1) is 5.01 Å². The minimum Gasteiger partial charge on any atom is -0.356 e. The van der Waals surface area contributed by atoms with E-state index in [1.807, 2.05) is 13.2 Å². The maximum Gasteiger partial charge on any atom is 0.191 e. The number of guanidine groups is 1. The molecule has 0 atom stereocenters. The van der Waals surface area contributed by atoms with E-state index in [1.54, 1.807) is 11.3 Å². The maximum absolute atomic E-state index is 4.44. The van der Waals surface area contributed by atoms with Crippen molar-refractivity contribution in [3.8, 4) is 0 Å². The van der Waals surface area contributed by atoms with Crippen molar-refractivity contribution in [2.24, 2.45) is 4.99 Å². The molecule has 0 bridgehead atoms. The summed E-state index contributed by atoms with van der Waals surface area (Å²) in [5, 5.41) is 8.32. The first-order valence-electron chi connectivity index (χ1n) is 10.3. The van der Waals surface area contributed by atoms with Crippen LogP contribution in [-0.4, -0.2) is 54.6 Å². The number of aryl methyl sites for hydroxylation is 1. The number of hydrogen-bond acceptors (Lipinski definition) is 4. The lowest BCUT2D eigenvalue weighted by Gasteiger charge is -2.48. The zero-order valence-electron chi connectivity index (χ0n) is 16.9. The van der Waals surface area contributed by atoms with Crippen molar-refractivity contribution in [1.29, 1.82) is 0 Å². The van der Waals surface area contributed by atoms with Crippen molar-refractivity contribution in [2.45, 2.75) is 70.3 Å². The Morgan fingerprint density at radius 3 is 2.48 bits per heavy atom. The number of aliphatic imine (C=N–C) groups is 1. The summed E-state index contributed by atoms with van der Waals surface area (Å²) in [5.41, 5.74) is 0.336. The minimum atomic E-state index is 0. The number of nitrogens with zero attached hydrogens (tertiary/aromatic N) is 3. The Bertz CT molecular complexity index is 577. The fraction of sp³-hybridized carbons (Fsp3) is 0.800. The van der Waals surface area contributed by atoms with Crippen LogP contribution in [0.2, 0.25) is 0 Å². The minimum absolute atomic E-state index is 0. The van der Waals surface area contributed by atoms with E-state index < -0.39 is 0 Å².